The zero-order chi connectivity index (χ0) is 24.4. The van der Waals surface area contributed by atoms with Crippen LogP contribution in [0.1, 0.15) is 11.1 Å². The summed E-state index contributed by atoms with van der Waals surface area (Å²) < 4.78 is 23.5. The Hall–Kier alpha value is -2.87. The van der Waals surface area contributed by atoms with Crippen molar-refractivity contribution in [2.45, 2.75) is 19.1 Å². The molecule has 0 bridgehead atoms. The third kappa shape index (κ3) is 7.87. The summed E-state index contributed by atoms with van der Waals surface area (Å²) in [6.45, 7) is 0.769. The van der Waals surface area contributed by atoms with E-state index in [-0.39, 0.29) is 25.3 Å². The second-order valence-electron chi connectivity index (χ2n) is 7.82. The molecule has 1 unspecified atom stereocenters. The van der Waals surface area contributed by atoms with Gasteiger partial charge in [-0.1, -0.05) is 30.3 Å². The molecule has 8 nitrogen and oxygen atoms in total. The second kappa shape index (κ2) is 12.6. The molecule has 5 N–H and O–H groups in total. The second-order valence-corrected chi connectivity index (χ2v) is 10.00. The Balaban J connectivity index is 1.35. The van der Waals surface area contributed by atoms with Crippen LogP contribution in [0, 0.1) is 0 Å². The first-order valence-electron chi connectivity index (χ1n) is 10.9. The molecule has 0 amide bonds. The number of rotatable bonds is 13. The number of ether oxygens (including phenoxy) is 2. The third-order valence-electron chi connectivity index (χ3n) is 5.12. The van der Waals surface area contributed by atoms with Gasteiger partial charge in [0.1, 0.15) is 30.0 Å². The number of aromatic hydroxyl groups is 1. The van der Waals surface area contributed by atoms with Crippen molar-refractivity contribution in [3.63, 3.8) is 0 Å². The summed E-state index contributed by atoms with van der Waals surface area (Å²) in [6, 6.07) is 20.3. The van der Waals surface area contributed by atoms with Crippen LogP contribution in [0.2, 0.25) is 0 Å². The van der Waals surface area contributed by atoms with Crippen molar-refractivity contribution in [2.24, 2.45) is 0 Å². The molecule has 34 heavy (non-hydrogen) atoms. The summed E-state index contributed by atoms with van der Waals surface area (Å²) in [4.78, 5) is 10.2. The first-order chi connectivity index (χ1) is 16.4. The molecule has 2 atom stereocenters. The number of nitrogens with one attached hydrogen (secondary N) is 1. The van der Waals surface area contributed by atoms with Gasteiger partial charge in [0.05, 0.1) is 6.61 Å². The van der Waals surface area contributed by atoms with Crippen molar-refractivity contribution in [2.75, 3.05) is 26.0 Å². The maximum atomic E-state index is 12.4. The standard InChI is InChI=1S/C25H30NO7P/c27-16-20-14-23(10-11-25(20)29)32-17-21(28)15-26-13-12-19-6-8-22(9-7-19)33-18-34(30,31)24-4-2-1-3-5-24/h1-11,14,21,26-29H,12-13,15-18H2,(H,30,31)/t21-/m0/s1. The van der Waals surface area contributed by atoms with E-state index in [1.165, 1.54) is 12.1 Å². The Labute approximate surface area is 198 Å². The van der Waals surface area contributed by atoms with Gasteiger partial charge in [0.25, 0.3) is 7.37 Å². The fourth-order valence-corrected chi connectivity index (χ4v) is 4.29. The lowest BCUT2D eigenvalue weighted by atomic mass is 10.1. The van der Waals surface area contributed by atoms with Crippen molar-refractivity contribution in [1.29, 1.82) is 0 Å². The maximum absolute atomic E-state index is 12.4. The van der Waals surface area contributed by atoms with E-state index in [1.807, 2.05) is 12.1 Å². The highest BCUT2D eigenvalue weighted by Crippen LogP contribution is 2.39. The molecule has 0 aliphatic carbocycles. The van der Waals surface area contributed by atoms with Crippen LogP contribution in [-0.2, 0) is 17.6 Å². The summed E-state index contributed by atoms with van der Waals surface area (Å²) in [5.41, 5.74) is 1.42. The van der Waals surface area contributed by atoms with E-state index in [2.05, 4.69) is 5.32 Å². The Morgan fingerprint density at radius 2 is 1.65 bits per heavy atom. The lowest BCUT2D eigenvalue weighted by Crippen LogP contribution is -2.32. The number of benzene rings is 3. The Bertz CT molecular complexity index is 1080. The molecule has 0 saturated heterocycles. The largest absolute Gasteiger partial charge is 0.508 e. The van der Waals surface area contributed by atoms with Crippen molar-refractivity contribution < 1.29 is 34.3 Å². The SMILES string of the molecule is O=P(O)(COc1ccc(CCNC[C@H](O)COc2ccc(O)c(CO)c2)cc1)c1ccccc1. The number of hydrogen-bond acceptors (Lipinski definition) is 7. The topological polar surface area (TPSA) is 128 Å². The maximum Gasteiger partial charge on any atom is 0.265 e. The molecule has 3 aromatic carbocycles. The van der Waals surface area contributed by atoms with E-state index in [9.17, 15) is 24.8 Å². The monoisotopic (exact) mass is 487 g/mol. The van der Waals surface area contributed by atoms with E-state index < -0.39 is 13.5 Å². The van der Waals surface area contributed by atoms with Crippen molar-refractivity contribution >= 4 is 12.7 Å². The van der Waals surface area contributed by atoms with E-state index in [0.717, 1.165) is 12.0 Å². The molecule has 9 heteroatoms. The molecule has 0 aromatic heterocycles. The third-order valence-corrected chi connectivity index (χ3v) is 6.71. The van der Waals surface area contributed by atoms with Gasteiger partial charge >= 0.3 is 0 Å². The van der Waals surface area contributed by atoms with Gasteiger partial charge in [0.2, 0.25) is 0 Å². The van der Waals surface area contributed by atoms with E-state index in [1.54, 1.807) is 48.5 Å². The average molecular weight is 487 g/mol. The number of phenols is 1. The summed E-state index contributed by atoms with van der Waals surface area (Å²) in [5.74, 6) is 0.981. The molecule has 3 rings (SSSR count). The fraction of sp³-hybridized carbons (Fsp3) is 0.280. The zero-order valence-corrected chi connectivity index (χ0v) is 19.6. The van der Waals surface area contributed by atoms with E-state index >= 15 is 0 Å². The predicted octanol–water partition coefficient (Wildman–Crippen LogP) is 2.39. The zero-order valence-electron chi connectivity index (χ0n) is 18.7. The van der Waals surface area contributed by atoms with Gasteiger partial charge in [-0.25, -0.2) is 0 Å². The van der Waals surface area contributed by atoms with Crippen LogP contribution < -0.4 is 20.1 Å². The number of aliphatic hydroxyl groups excluding tert-OH is 2. The van der Waals surface area contributed by atoms with Crippen LogP contribution in [0.5, 0.6) is 17.2 Å². The molecule has 0 saturated carbocycles. The minimum atomic E-state index is -3.57. The first kappa shape index (κ1) is 25.7. The van der Waals surface area contributed by atoms with Crippen LogP contribution in [0.15, 0.2) is 72.8 Å². The normalized spacial score (nSPS) is 13.7. The molecular formula is C25H30NO7P. The highest BCUT2D eigenvalue weighted by Gasteiger charge is 2.21. The van der Waals surface area contributed by atoms with Crippen molar-refractivity contribution in [1.82, 2.24) is 5.32 Å². The van der Waals surface area contributed by atoms with Gasteiger partial charge in [0, 0.05) is 17.4 Å². The minimum absolute atomic E-state index is 0.00256. The van der Waals surface area contributed by atoms with Crippen LogP contribution in [0.3, 0.4) is 0 Å². The van der Waals surface area contributed by atoms with Gasteiger partial charge in [-0.2, -0.15) is 0 Å². The Morgan fingerprint density at radius 3 is 2.35 bits per heavy atom. The van der Waals surface area contributed by atoms with E-state index in [4.69, 9.17) is 9.47 Å². The number of aliphatic hydroxyl groups is 2. The number of hydrogen-bond donors (Lipinski definition) is 5. The Kier molecular flexibility index (Phi) is 9.51. The lowest BCUT2D eigenvalue weighted by Gasteiger charge is -2.14. The molecule has 182 valence electrons. The van der Waals surface area contributed by atoms with Gasteiger partial charge in [-0.15, -0.1) is 0 Å². The smallest absolute Gasteiger partial charge is 0.265 e. The summed E-state index contributed by atoms with van der Waals surface area (Å²) in [5, 5.41) is 32.4. The molecule has 0 aliphatic heterocycles. The Morgan fingerprint density at radius 1 is 0.941 bits per heavy atom. The lowest BCUT2D eigenvalue weighted by molar-refractivity contribution is 0.106. The van der Waals surface area contributed by atoms with Crippen LogP contribution in [0.25, 0.3) is 0 Å². The van der Waals surface area contributed by atoms with Gasteiger partial charge in [-0.3, -0.25) is 4.57 Å². The predicted molar refractivity (Wildman–Crippen MR) is 130 cm³/mol. The van der Waals surface area contributed by atoms with Gasteiger partial charge in [-0.05, 0) is 61.0 Å². The highest BCUT2D eigenvalue weighted by molar-refractivity contribution is 7.65. The summed E-state index contributed by atoms with van der Waals surface area (Å²) in [6.07, 6.45) is -0.279. The molecule has 0 aliphatic rings. The molecule has 0 fully saturated rings. The van der Waals surface area contributed by atoms with Crippen molar-refractivity contribution in [3.8, 4) is 17.2 Å². The van der Waals surface area contributed by atoms with Gasteiger partial charge in [0.15, 0.2) is 6.35 Å². The van der Waals surface area contributed by atoms with Crippen molar-refractivity contribution in [3.05, 3.63) is 83.9 Å². The quantitative estimate of drug-likeness (QED) is 0.184. The molecular weight excluding hydrogens is 457 g/mol. The fourth-order valence-electron chi connectivity index (χ4n) is 3.18. The van der Waals surface area contributed by atoms with E-state index in [0.29, 0.717) is 35.5 Å². The van der Waals surface area contributed by atoms with Gasteiger partial charge < -0.3 is 35.0 Å². The molecule has 3 aromatic rings. The van der Waals surface area contributed by atoms with Crippen LogP contribution in [-0.4, -0.2) is 52.4 Å². The van der Waals surface area contributed by atoms with Crippen LogP contribution in [0.4, 0.5) is 0 Å². The molecule has 0 radical (unpaired) electrons. The van der Waals surface area contributed by atoms with Crippen LogP contribution >= 0.6 is 7.37 Å². The summed E-state index contributed by atoms with van der Waals surface area (Å²) in [7, 11) is -3.57. The average Bonchev–Trinajstić information content (AvgIpc) is 2.86. The molecule has 0 heterocycles. The summed E-state index contributed by atoms with van der Waals surface area (Å²) >= 11 is 0. The highest BCUT2D eigenvalue weighted by atomic mass is 31.2. The first-order valence-corrected chi connectivity index (χ1v) is 12.8. The minimum Gasteiger partial charge on any atom is -0.508 e. The molecule has 0 spiro atoms.